The van der Waals surface area contributed by atoms with Gasteiger partial charge in [-0.3, -0.25) is 0 Å². The maximum Gasteiger partial charge on any atom is 0.384 e. The van der Waals surface area contributed by atoms with Gasteiger partial charge in [0.25, 0.3) is 0 Å². The second kappa shape index (κ2) is 7.57. The van der Waals surface area contributed by atoms with Crippen LogP contribution in [0.3, 0.4) is 0 Å². The van der Waals surface area contributed by atoms with Crippen LogP contribution >= 0.6 is 0 Å². The number of rotatable bonds is 10. The maximum atomic E-state index is 13.5. The topological polar surface area (TPSA) is 18.5 Å². The van der Waals surface area contributed by atoms with Crippen LogP contribution in [0.25, 0.3) is 0 Å². The molecule has 0 saturated carbocycles. The molecule has 0 fully saturated rings. The molecule has 0 N–H and O–H groups in total. The van der Waals surface area contributed by atoms with Crippen LogP contribution in [-0.2, 0) is 8.85 Å². The SMILES string of the molecule is CO[SiH](CC(F)(F)C(F)(F)C(F)(F)C(F)(F)C(F)(F)C(F)(F)C(C)F)OC. The first-order valence-electron chi connectivity index (χ1n) is 6.65. The summed E-state index contributed by atoms with van der Waals surface area (Å²) in [6, 6.07) is -2.39. The Balaban J connectivity index is 6.27. The molecule has 2 nitrogen and oxygen atoms in total. The summed E-state index contributed by atoms with van der Waals surface area (Å²) in [5, 5.41) is 0. The van der Waals surface area contributed by atoms with Crippen LogP contribution < -0.4 is 0 Å². The van der Waals surface area contributed by atoms with Crippen molar-refractivity contribution in [1.82, 2.24) is 0 Å². The lowest BCUT2D eigenvalue weighted by molar-refractivity contribution is -0.427. The molecule has 0 aromatic rings. The lowest BCUT2D eigenvalue weighted by Gasteiger charge is -2.41. The lowest BCUT2D eigenvalue weighted by atomic mass is 9.90. The molecule has 1 unspecified atom stereocenters. The maximum absolute atomic E-state index is 13.5. The first kappa shape index (κ1) is 26.2. The van der Waals surface area contributed by atoms with Gasteiger partial charge in [-0.25, -0.2) is 4.39 Å². The molecule has 0 amide bonds. The highest BCUT2D eigenvalue weighted by molar-refractivity contribution is 6.44. The van der Waals surface area contributed by atoms with E-state index in [2.05, 4.69) is 8.85 Å². The van der Waals surface area contributed by atoms with Crippen LogP contribution in [0.5, 0.6) is 0 Å². The Bertz CT molecular complexity index is 504. The normalized spacial score (nSPS) is 16.8. The predicted molar refractivity (Wildman–Crippen MR) is 66.2 cm³/mol. The van der Waals surface area contributed by atoms with Gasteiger partial charge in [0.1, 0.15) is 0 Å². The van der Waals surface area contributed by atoms with Crippen molar-refractivity contribution in [2.24, 2.45) is 0 Å². The third-order valence-electron chi connectivity index (χ3n) is 3.51. The molecular formula is C11H13F13O2Si. The van der Waals surface area contributed by atoms with E-state index in [1.54, 1.807) is 0 Å². The molecule has 0 bridgehead atoms. The third-order valence-corrected chi connectivity index (χ3v) is 5.41. The van der Waals surface area contributed by atoms with Crippen molar-refractivity contribution in [3.63, 3.8) is 0 Å². The van der Waals surface area contributed by atoms with Gasteiger partial charge in [-0.15, -0.1) is 0 Å². The average molecular weight is 452 g/mol. The molecule has 27 heavy (non-hydrogen) atoms. The van der Waals surface area contributed by atoms with E-state index in [0.717, 1.165) is 0 Å². The van der Waals surface area contributed by atoms with Gasteiger partial charge in [-0.1, -0.05) is 0 Å². The van der Waals surface area contributed by atoms with E-state index in [0.29, 0.717) is 14.2 Å². The number of halogens is 13. The number of hydrogen-bond acceptors (Lipinski definition) is 2. The second-order valence-electron chi connectivity index (χ2n) is 5.35. The molecule has 1 atom stereocenters. The van der Waals surface area contributed by atoms with Gasteiger partial charge in [0.15, 0.2) is 6.17 Å². The van der Waals surface area contributed by atoms with Crippen LogP contribution in [0.1, 0.15) is 6.92 Å². The minimum atomic E-state index is -7.77. The van der Waals surface area contributed by atoms with Crippen LogP contribution in [0.15, 0.2) is 0 Å². The summed E-state index contributed by atoms with van der Waals surface area (Å²) in [6.07, 6.45) is -4.21. The minimum Gasteiger partial charge on any atom is -0.400 e. The van der Waals surface area contributed by atoms with E-state index in [1.165, 1.54) is 0 Å². The van der Waals surface area contributed by atoms with Crippen molar-refractivity contribution in [2.75, 3.05) is 14.2 Å². The number of hydrogen-bond donors (Lipinski definition) is 0. The van der Waals surface area contributed by atoms with E-state index in [9.17, 15) is 57.1 Å². The largest absolute Gasteiger partial charge is 0.400 e. The van der Waals surface area contributed by atoms with Crippen molar-refractivity contribution >= 4 is 9.28 Å². The highest BCUT2D eigenvalue weighted by atomic mass is 28.3. The fourth-order valence-corrected chi connectivity index (χ4v) is 2.88. The van der Waals surface area contributed by atoms with Crippen LogP contribution in [0, 0.1) is 0 Å². The Kier molecular flexibility index (Phi) is 7.35. The third kappa shape index (κ3) is 3.88. The summed E-state index contributed by atoms with van der Waals surface area (Å²) in [7, 11) is -2.59. The standard InChI is InChI=1S/C11H13F13O2Si/c1-5(12)7(15,16)9(19,20)11(23,24)10(21,22)8(17,18)6(13,14)4-27(25-2)26-3/h5,27H,4H2,1-3H3. The molecule has 0 heterocycles. The summed E-state index contributed by atoms with van der Waals surface area (Å²) in [5.41, 5.74) is 0. The van der Waals surface area contributed by atoms with Crippen LogP contribution in [-0.4, -0.2) is 65.2 Å². The first-order valence-corrected chi connectivity index (χ1v) is 8.41. The molecule has 0 aliphatic carbocycles. The van der Waals surface area contributed by atoms with Gasteiger partial charge in [0.05, 0.1) is 6.04 Å². The zero-order valence-corrected chi connectivity index (χ0v) is 14.7. The van der Waals surface area contributed by atoms with Crippen molar-refractivity contribution < 1.29 is 65.9 Å². The zero-order chi connectivity index (χ0) is 22.3. The summed E-state index contributed by atoms with van der Waals surface area (Å²) in [4.78, 5) is 0. The van der Waals surface area contributed by atoms with E-state index in [1.807, 2.05) is 0 Å². The van der Waals surface area contributed by atoms with Gasteiger partial charge in [0, 0.05) is 14.2 Å². The Labute approximate surface area is 145 Å². The molecule has 0 aliphatic rings. The molecule has 0 aromatic carbocycles. The Morgan fingerprint density at radius 1 is 0.667 bits per heavy atom. The van der Waals surface area contributed by atoms with Crippen LogP contribution in [0.2, 0.25) is 6.04 Å². The quantitative estimate of drug-likeness (QED) is 0.355. The molecular weight excluding hydrogens is 439 g/mol. The van der Waals surface area contributed by atoms with E-state index in [-0.39, 0.29) is 0 Å². The summed E-state index contributed by atoms with van der Waals surface area (Å²) in [6.45, 7) is -0.442. The Hall–Kier alpha value is -0.773. The molecule has 0 saturated heterocycles. The first-order chi connectivity index (χ1) is 11.7. The van der Waals surface area contributed by atoms with Crippen molar-refractivity contribution in [3.8, 4) is 0 Å². The molecule has 164 valence electrons. The van der Waals surface area contributed by atoms with Gasteiger partial charge < -0.3 is 8.85 Å². The smallest absolute Gasteiger partial charge is 0.384 e. The monoisotopic (exact) mass is 452 g/mol. The second-order valence-corrected chi connectivity index (χ2v) is 7.56. The molecule has 0 aliphatic heterocycles. The van der Waals surface area contributed by atoms with E-state index in [4.69, 9.17) is 0 Å². The van der Waals surface area contributed by atoms with Crippen molar-refractivity contribution in [2.45, 2.75) is 54.7 Å². The van der Waals surface area contributed by atoms with Gasteiger partial charge in [-0.2, -0.15) is 52.7 Å². The fourth-order valence-electron chi connectivity index (χ4n) is 1.68. The van der Waals surface area contributed by atoms with Crippen molar-refractivity contribution in [3.05, 3.63) is 0 Å². The Morgan fingerprint density at radius 3 is 1.30 bits per heavy atom. The average Bonchev–Trinajstić information content (AvgIpc) is 2.51. The van der Waals surface area contributed by atoms with Gasteiger partial charge in [-0.05, 0) is 6.92 Å². The summed E-state index contributed by atoms with van der Waals surface area (Å²) < 4.78 is 181. The molecule has 0 rings (SSSR count). The van der Waals surface area contributed by atoms with Gasteiger partial charge in [0.2, 0.25) is 0 Å². The summed E-state index contributed by atoms with van der Waals surface area (Å²) in [5.74, 6) is -42.9. The minimum absolute atomic E-state index is 0.442. The number of alkyl halides is 13. The highest BCUT2D eigenvalue weighted by Crippen LogP contribution is 2.61. The molecule has 0 aromatic heterocycles. The van der Waals surface area contributed by atoms with Crippen molar-refractivity contribution in [1.29, 1.82) is 0 Å². The lowest BCUT2D eigenvalue weighted by Crippen LogP contribution is -2.71. The van der Waals surface area contributed by atoms with Gasteiger partial charge >= 0.3 is 44.8 Å². The Morgan fingerprint density at radius 2 is 1.00 bits per heavy atom. The van der Waals surface area contributed by atoms with Crippen LogP contribution in [0.4, 0.5) is 57.1 Å². The molecule has 0 radical (unpaired) electrons. The van der Waals surface area contributed by atoms with E-state index < -0.39 is 64.0 Å². The summed E-state index contributed by atoms with van der Waals surface area (Å²) >= 11 is 0. The fraction of sp³-hybridized carbons (Fsp3) is 1.00. The molecule has 16 heteroatoms. The predicted octanol–water partition coefficient (Wildman–Crippen LogP) is 4.67. The highest BCUT2D eigenvalue weighted by Gasteiger charge is 2.90. The van der Waals surface area contributed by atoms with E-state index >= 15 is 0 Å². The molecule has 0 spiro atoms. The zero-order valence-electron chi connectivity index (χ0n) is 13.6.